The lowest BCUT2D eigenvalue weighted by molar-refractivity contribution is -0.140. The highest BCUT2D eigenvalue weighted by Crippen LogP contribution is 2.27. The molecule has 0 aromatic heterocycles. The molecule has 0 aliphatic carbocycles. The van der Waals surface area contributed by atoms with E-state index < -0.39 is 17.4 Å². The van der Waals surface area contributed by atoms with Crippen LogP contribution in [0.25, 0.3) is 10.8 Å². The topological polar surface area (TPSA) is 69.9 Å². The van der Waals surface area contributed by atoms with Crippen molar-refractivity contribution < 1.29 is 15.0 Å². The molecule has 0 unspecified atom stereocenters. The van der Waals surface area contributed by atoms with Gasteiger partial charge in [-0.05, 0) is 22.3 Å². The molecule has 0 amide bonds. The van der Waals surface area contributed by atoms with Gasteiger partial charge < -0.3 is 10.2 Å². The third kappa shape index (κ3) is 3.21. The van der Waals surface area contributed by atoms with Gasteiger partial charge in [0, 0.05) is 11.8 Å². The van der Waals surface area contributed by atoms with Crippen molar-refractivity contribution in [1.82, 2.24) is 0 Å². The fourth-order valence-corrected chi connectivity index (χ4v) is 2.23. The average Bonchev–Trinajstić information content (AvgIpc) is 2.39. The van der Waals surface area contributed by atoms with Crippen LogP contribution in [0.3, 0.4) is 0 Å². The van der Waals surface area contributed by atoms with Crippen LogP contribution in [0.4, 0.5) is 0 Å². The first-order valence-electron chi connectivity index (χ1n) is 6.77. The van der Waals surface area contributed by atoms with Crippen molar-refractivity contribution in [3.05, 3.63) is 42.0 Å². The van der Waals surface area contributed by atoms with Gasteiger partial charge in [-0.15, -0.1) is 0 Å². The summed E-state index contributed by atoms with van der Waals surface area (Å²) in [7, 11) is 0. The Morgan fingerprint density at radius 1 is 1.19 bits per heavy atom. The molecule has 2 N–H and O–H groups in total. The molecule has 2 rings (SSSR count). The van der Waals surface area contributed by atoms with Crippen LogP contribution in [0.15, 0.2) is 41.4 Å². The van der Waals surface area contributed by atoms with Crippen LogP contribution in [0, 0.1) is 5.41 Å². The molecular formula is C17H19NO3. The second-order valence-electron chi connectivity index (χ2n) is 6.10. The van der Waals surface area contributed by atoms with Gasteiger partial charge in [-0.25, -0.2) is 4.79 Å². The summed E-state index contributed by atoms with van der Waals surface area (Å²) < 4.78 is 0. The molecule has 21 heavy (non-hydrogen) atoms. The standard InChI is InChI=1S/C17H19NO3/c1-17(2,3)15(16(20)21)18-10-13-12-7-5-4-6-11(12)8-9-14(13)19/h4-10,15,19H,1-3H3,(H,20,21)/t15-/m1/s1. The van der Waals surface area contributed by atoms with E-state index in [1.54, 1.807) is 6.07 Å². The quantitative estimate of drug-likeness (QED) is 0.848. The lowest BCUT2D eigenvalue weighted by atomic mass is 9.87. The van der Waals surface area contributed by atoms with Gasteiger partial charge in [0.2, 0.25) is 0 Å². The third-order valence-electron chi connectivity index (χ3n) is 3.35. The molecule has 0 heterocycles. The maximum atomic E-state index is 11.3. The third-order valence-corrected chi connectivity index (χ3v) is 3.35. The number of carboxylic acid groups (broad SMARTS) is 1. The van der Waals surface area contributed by atoms with E-state index in [0.29, 0.717) is 5.56 Å². The number of hydrogen-bond acceptors (Lipinski definition) is 3. The van der Waals surface area contributed by atoms with Crippen molar-refractivity contribution in [2.45, 2.75) is 26.8 Å². The van der Waals surface area contributed by atoms with Crippen molar-refractivity contribution in [2.75, 3.05) is 0 Å². The molecule has 1 atom stereocenters. The van der Waals surface area contributed by atoms with E-state index >= 15 is 0 Å². The summed E-state index contributed by atoms with van der Waals surface area (Å²) in [6, 6.07) is 10.1. The monoisotopic (exact) mass is 285 g/mol. The predicted octanol–water partition coefficient (Wildman–Crippen LogP) is 3.46. The summed E-state index contributed by atoms with van der Waals surface area (Å²) in [5.41, 5.74) is 0.0475. The Morgan fingerprint density at radius 3 is 2.48 bits per heavy atom. The molecule has 2 aromatic carbocycles. The number of nitrogens with zero attached hydrogens (tertiary/aromatic N) is 1. The number of phenols is 1. The molecule has 0 radical (unpaired) electrons. The normalized spacial score (nSPS) is 13.7. The number of aromatic hydroxyl groups is 1. The van der Waals surface area contributed by atoms with Crippen LogP contribution in [-0.4, -0.2) is 28.4 Å². The summed E-state index contributed by atoms with van der Waals surface area (Å²) in [5.74, 6) is -0.881. The lowest BCUT2D eigenvalue weighted by Crippen LogP contribution is -2.32. The van der Waals surface area contributed by atoms with E-state index in [4.69, 9.17) is 0 Å². The Bertz CT molecular complexity index is 699. The van der Waals surface area contributed by atoms with Gasteiger partial charge in [0.1, 0.15) is 5.75 Å². The first kappa shape index (κ1) is 15.0. The number of rotatable bonds is 3. The molecule has 0 aliphatic rings. The van der Waals surface area contributed by atoms with Crippen molar-refractivity contribution in [2.24, 2.45) is 10.4 Å². The zero-order chi connectivity index (χ0) is 15.6. The number of aliphatic carboxylic acids is 1. The molecule has 0 saturated heterocycles. The van der Waals surface area contributed by atoms with Gasteiger partial charge in [-0.3, -0.25) is 4.99 Å². The SMILES string of the molecule is CC(C)(C)[C@H](N=Cc1c(O)ccc2ccccc12)C(=O)O. The molecule has 4 heteroatoms. The largest absolute Gasteiger partial charge is 0.507 e. The molecule has 0 fully saturated rings. The molecule has 0 aliphatic heterocycles. The van der Waals surface area contributed by atoms with Crippen molar-refractivity contribution in [3.63, 3.8) is 0 Å². The summed E-state index contributed by atoms with van der Waals surface area (Å²) in [6.07, 6.45) is 1.46. The molecule has 110 valence electrons. The zero-order valence-electron chi connectivity index (χ0n) is 12.4. The fraction of sp³-hybridized carbons (Fsp3) is 0.294. The highest BCUT2D eigenvalue weighted by atomic mass is 16.4. The molecule has 0 saturated carbocycles. The van der Waals surface area contributed by atoms with Crippen LogP contribution in [-0.2, 0) is 4.79 Å². The van der Waals surface area contributed by atoms with Crippen molar-refractivity contribution in [3.8, 4) is 5.75 Å². The van der Waals surface area contributed by atoms with Crippen molar-refractivity contribution in [1.29, 1.82) is 0 Å². The van der Waals surface area contributed by atoms with Crippen LogP contribution in [0.1, 0.15) is 26.3 Å². The second kappa shape index (κ2) is 5.56. The maximum absolute atomic E-state index is 11.3. The number of fused-ring (bicyclic) bond motifs is 1. The van der Waals surface area contributed by atoms with Gasteiger partial charge in [-0.1, -0.05) is 51.1 Å². The summed E-state index contributed by atoms with van der Waals surface area (Å²) in [6.45, 7) is 5.48. The van der Waals surface area contributed by atoms with Gasteiger partial charge in [-0.2, -0.15) is 0 Å². The van der Waals surface area contributed by atoms with Gasteiger partial charge in [0.25, 0.3) is 0 Å². The zero-order valence-corrected chi connectivity index (χ0v) is 12.4. The predicted molar refractivity (Wildman–Crippen MR) is 84.1 cm³/mol. The molecule has 2 aromatic rings. The van der Waals surface area contributed by atoms with E-state index in [9.17, 15) is 15.0 Å². The minimum atomic E-state index is -0.974. The van der Waals surface area contributed by atoms with Crippen LogP contribution >= 0.6 is 0 Å². The Hall–Kier alpha value is -2.36. The fourth-order valence-electron chi connectivity index (χ4n) is 2.23. The summed E-state index contributed by atoms with van der Waals surface area (Å²) >= 11 is 0. The van der Waals surface area contributed by atoms with Crippen LogP contribution in [0.5, 0.6) is 5.75 Å². The smallest absolute Gasteiger partial charge is 0.328 e. The number of aliphatic imine (C=N–C) groups is 1. The van der Waals surface area contributed by atoms with E-state index in [0.717, 1.165) is 10.8 Å². The molecule has 4 nitrogen and oxygen atoms in total. The first-order valence-corrected chi connectivity index (χ1v) is 6.77. The summed E-state index contributed by atoms with van der Waals surface area (Å²) in [4.78, 5) is 15.5. The van der Waals surface area contributed by atoms with Crippen LogP contribution in [0.2, 0.25) is 0 Å². The molecule has 0 spiro atoms. The van der Waals surface area contributed by atoms with E-state index in [-0.39, 0.29) is 5.75 Å². The highest BCUT2D eigenvalue weighted by Gasteiger charge is 2.30. The summed E-state index contributed by atoms with van der Waals surface area (Å²) in [5, 5.41) is 21.1. The lowest BCUT2D eigenvalue weighted by Gasteiger charge is -2.23. The first-order chi connectivity index (χ1) is 9.80. The average molecular weight is 285 g/mol. The minimum Gasteiger partial charge on any atom is -0.507 e. The maximum Gasteiger partial charge on any atom is 0.328 e. The molecule has 0 bridgehead atoms. The second-order valence-corrected chi connectivity index (χ2v) is 6.10. The number of hydrogen-bond donors (Lipinski definition) is 2. The van der Waals surface area contributed by atoms with Crippen molar-refractivity contribution >= 4 is 23.0 Å². The minimum absolute atomic E-state index is 0.0931. The molecular weight excluding hydrogens is 266 g/mol. The Labute approximate surface area is 123 Å². The van der Waals surface area contributed by atoms with E-state index in [1.165, 1.54) is 6.21 Å². The highest BCUT2D eigenvalue weighted by molar-refractivity contribution is 6.02. The number of carbonyl (C=O) groups is 1. The number of phenolic OH excluding ortho intramolecular Hbond substituents is 1. The number of carboxylic acids is 1. The Morgan fingerprint density at radius 2 is 1.86 bits per heavy atom. The van der Waals surface area contributed by atoms with Gasteiger partial charge in [0.15, 0.2) is 6.04 Å². The van der Waals surface area contributed by atoms with E-state index in [1.807, 2.05) is 51.1 Å². The Balaban J connectivity index is 2.50. The Kier molecular flexibility index (Phi) is 3.98. The number of benzene rings is 2. The van der Waals surface area contributed by atoms with Gasteiger partial charge in [0.05, 0.1) is 0 Å². The van der Waals surface area contributed by atoms with Crippen LogP contribution < -0.4 is 0 Å². The van der Waals surface area contributed by atoms with Gasteiger partial charge >= 0.3 is 5.97 Å². The van der Waals surface area contributed by atoms with E-state index in [2.05, 4.69) is 4.99 Å².